The van der Waals surface area contributed by atoms with Crippen LogP contribution in [0.4, 0.5) is 4.79 Å². The quantitative estimate of drug-likeness (QED) is 0.704. The lowest BCUT2D eigenvalue weighted by Gasteiger charge is -2.26. The van der Waals surface area contributed by atoms with Crippen molar-refractivity contribution < 1.29 is 4.79 Å². The molecule has 2 rings (SSSR count). The van der Waals surface area contributed by atoms with Crippen LogP contribution in [0, 0.1) is 0 Å². The second-order valence-corrected chi connectivity index (χ2v) is 6.58. The summed E-state index contributed by atoms with van der Waals surface area (Å²) in [5.74, 6) is 0. The van der Waals surface area contributed by atoms with Crippen molar-refractivity contribution in [2.75, 3.05) is 27.2 Å². The molecule has 20 heavy (non-hydrogen) atoms. The molecule has 2 aliphatic rings. The highest BCUT2D eigenvalue weighted by Crippen LogP contribution is 2.27. The maximum absolute atomic E-state index is 11.8. The van der Waals surface area contributed by atoms with Crippen molar-refractivity contribution >= 4 is 6.03 Å². The van der Waals surface area contributed by atoms with E-state index in [-0.39, 0.29) is 6.03 Å². The Morgan fingerprint density at radius 2 is 1.30 bits per heavy atom. The van der Waals surface area contributed by atoms with Gasteiger partial charge in [0.1, 0.15) is 0 Å². The van der Waals surface area contributed by atoms with Gasteiger partial charge < -0.3 is 10.6 Å². The molecule has 2 N–H and O–H groups in total. The fourth-order valence-electron chi connectivity index (χ4n) is 2.51. The number of nitrogens with zero attached hydrogens (tertiary/aromatic N) is 2. The Labute approximate surface area is 123 Å². The zero-order valence-electron chi connectivity index (χ0n) is 13.4. The predicted molar refractivity (Wildman–Crippen MR) is 81.9 cm³/mol. The molecule has 0 saturated heterocycles. The van der Waals surface area contributed by atoms with E-state index in [2.05, 4.69) is 48.4 Å². The fourth-order valence-corrected chi connectivity index (χ4v) is 2.51. The van der Waals surface area contributed by atoms with Gasteiger partial charge in [-0.1, -0.05) is 0 Å². The number of carbonyl (C=O) groups excluding carboxylic acids is 1. The van der Waals surface area contributed by atoms with Gasteiger partial charge in [0.25, 0.3) is 0 Å². The van der Waals surface area contributed by atoms with Gasteiger partial charge in [0, 0.05) is 37.3 Å². The van der Waals surface area contributed by atoms with Crippen LogP contribution < -0.4 is 10.6 Å². The van der Waals surface area contributed by atoms with Gasteiger partial charge in [-0.25, -0.2) is 4.79 Å². The first-order valence-electron chi connectivity index (χ1n) is 7.94. The predicted octanol–water partition coefficient (Wildman–Crippen LogP) is 1.25. The zero-order valence-corrected chi connectivity index (χ0v) is 13.4. The van der Waals surface area contributed by atoms with Crippen LogP contribution in [0.15, 0.2) is 0 Å². The van der Waals surface area contributed by atoms with Crippen molar-refractivity contribution in [3.63, 3.8) is 0 Å². The molecular formula is C15H30N4O. The van der Waals surface area contributed by atoms with Crippen molar-refractivity contribution in [1.29, 1.82) is 0 Å². The van der Waals surface area contributed by atoms with Gasteiger partial charge in [0.2, 0.25) is 0 Å². The monoisotopic (exact) mass is 282 g/mol. The van der Waals surface area contributed by atoms with Crippen LogP contribution >= 0.6 is 0 Å². The molecule has 0 aromatic heterocycles. The first-order chi connectivity index (χ1) is 9.49. The third-order valence-corrected chi connectivity index (χ3v) is 4.75. The van der Waals surface area contributed by atoms with Gasteiger partial charge in [-0.05, 0) is 53.6 Å². The third kappa shape index (κ3) is 4.63. The highest BCUT2D eigenvalue weighted by atomic mass is 16.2. The highest BCUT2D eigenvalue weighted by molar-refractivity contribution is 5.73. The summed E-state index contributed by atoms with van der Waals surface area (Å²) < 4.78 is 0. The SMILES string of the molecule is C[C@@H](CNC(=O)NC[C@H](C)N(C)C1CC1)N(C)C1CC1. The van der Waals surface area contributed by atoms with Crippen LogP contribution in [0.5, 0.6) is 0 Å². The minimum Gasteiger partial charge on any atom is -0.337 e. The zero-order chi connectivity index (χ0) is 14.7. The second kappa shape index (κ2) is 6.76. The van der Waals surface area contributed by atoms with E-state index in [0.29, 0.717) is 25.2 Å². The lowest BCUT2D eigenvalue weighted by molar-refractivity contribution is 0.213. The largest absolute Gasteiger partial charge is 0.337 e. The van der Waals surface area contributed by atoms with Gasteiger partial charge in [-0.3, -0.25) is 9.80 Å². The van der Waals surface area contributed by atoms with Crippen molar-refractivity contribution in [2.24, 2.45) is 0 Å². The van der Waals surface area contributed by atoms with Crippen LogP contribution in [0.2, 0.25) is 0 Å². The number of nitrogens with one attached hydrogen (secondary N) is 2. The van der Waals surface area contributed by atoms with Crippen molar-refractivity contribution in [3.05, 3.63) is 0 Å². The Morgan fingerprint density at radius 1 is 0.950 bits per heavy atom. The van der Waals surface area contributed by atoms with E-state index < -0.39 is 0 Å². The van der Waals surface area contributed by atoms with E-state index in [1.165, 1.54) is 25.7 Å². The maximum atomic E-state index is 11.8. The highest BCUT2D eigenvalue weighted by Gasteiger charge is 2.30. The number of likely N-dealkylation sites (N-methyl/N-ethyl adjacent to an activating group) is 2. The number of hydrogen-bond donors (Lipinski definition) is 2. The van der Waals surface area contributed by atoms with Crippen LogP contribution in [0.1, 0.15) is 39.5 Å². The molecule has 2 amide bonds. The lowest BCUT2D eigenvalue weighted by atomic mass is 10.3. The molecule has 0 spiro atoms. The molecule has 2 aliphatic carbocycles. The Morgan fingerprint density at radius 3 is 1.60 bits per heavy atom. The summed E-state index contributed by atoms with van der Waals surface area (Å²) in [6.45, 7) is 5.77. The number of carbonyl (C=O) groups is 1. The van der Waals surface area contributed by atoms with Gasteiger partial charge in [-0.15, -0.1) is 0 Å². The second-order valence-electron chi connectivity index (χ2n) is 6.58. The Bertz CT molecular complexity index is 298. The summed E-state index contributed by atoms with van der Waals surface area (Å²) in [5, 5.41) is 5.95. The molecule has 5 heteroatoms. The van der Waals surface area contributed by atoms with E-state index in [1.807, 2.05) is 0 Å². The molecule has 5 nitrogen and oxygen atoms in total. The first-order valence-corrected chi connectivity index (χ1v) is 7.94. The van der Waals surface area contributed by atoms with Gasteiger partial charge in [0.15, 0.2) is 0 Å². The average molecular weight is 282 g/mol. The number of hydrogen-bond acceptors (Lipinski definition) is 3. The normalized spacial score (nSPS) is 21.9. The van der Waals surface area contributed by atoms with Crippen LogP contribution in [-0.4, -0.2) is 67.2 Å². The fraction of sp³-hybridized carbons (Fsp3) is 0.933. The van der Waals surface area contributed by atoms with Crippen LogP contribution in [0.25, 0.3) is 0 Å². The van der Waals surface area contributed by atoms with Gasteiger partial charge >= 0.3 is 6.03 Å². The van der Waals surface area contributed by atoms with E-state index >= 15 is 0 Å². The Balaban J connectivity index is 1.57. The Kier molecular flexibility index (Phi) is 5.27. The smallest absolute Gasteiger partial charge is 0.314 e. The molecule has 0 heterocycles. The molecule has 0 aliphatic heterocycles. The molecule has 2 saturated carbocycles. The molecule has 2 atom stereocenters. The molecule has 0 bridgehead atoms. The van der Waals surface area contributed by atoms with E-state index in [4.69, 9.17) is 0 Å². The molecular weight excluding hydrogens is 252 g/mol. The van der Waals surface area contributed by atoms with Crippen molar-refractivity contribution in [1.82, 2.24) is 20.4 Å². The third-order valence-electron chi connectivity index (χ3n) is 4.75. The van der Waals surface area contributed by atoms with Crippen molar-refractivity contribution in [3.8, 4) is 0 Å². The standard InChI is InChI=1S/C15H30N4O/c1-11(18(3)13-5-6-13)9-16-15(20)17-10-12(2)19(4)14-7-8-14/h11-14H,5-10H2,1-4H3,(H2,16,17,20)/t11-,12-/m0/s1. The molecule has 0 aromatic rings. The van der Waals surface area contributed by atoms with Crippen LogP contribution in [0.3, 0.4) is 0 Å². The summed E-state index contributed by atoms with van der Waals surface area (Å²) in [4.78, 5) is 16.5. The minimum absolute atomic E-state index is 0.0444. The molecule has 116 valence electrons. The topological polar surface area (TPSA) is 47.6 Å². The Hall–Kier alpha value is -0.810. The summed E-state index contributed by atoms with van der Waals surface area (Å²) in [6, 6.07) is 2.24. The molecule has 0 unspecified atom stereocenters. The molecule has 0 aromatic carbocycles. The first kappa shape index (κ1) is 15.6. The number of urea groups is 1. The summed E-state index contributed by atoms with van der Waals surface area (Å²) >= 11 is 0. The molecule has 0 radical (unpaired) electrons. The maximum Gasteiger partial charge on any atom is 0.314 e. The van der Waals surface area contributed by atoms with Gasteiger partial charge in [0.05, 0.1) is 0 Å². The van der Waals surface area contributed by atoms with E-state index in [1.54, 1.807) is 0 Å². The van der Waals surface area contributed by atoms with E-state index in [9.17, 15) is 4.79 Å². The number of amides is 2. The summed E-state index contributed by atoms with van der Waals surface area (Å²) in [7, 11) is 4.29. The minimum atomic E-state index is -0.0444. The van der Waals surface area contributed by atoms with Crippen molar-refractivity contribution in [2.45, 2.75) is 63.7 Å². The number of rotatable bonds is 8. The van der Waals surface area contributed by atoms with Gasteiger partial charge in [-0.2, -0.15) is 0 Å². The van der Waals surface area contributed by atoms with E-state index in [0.717, 1.165) is 12.1 Å². The molecule has 2 fully saturated rings. The average Bonchev–Trinajstić information content (AvgIpc) is 3.31. The lowest BCUT2D eigenvalue weighted by Crippen LogP contribution is -2.47. The summed E-state index contributed by atoms with van der Waals surface area (Å²) in [5.41, 5.74) is 0. The summed E-state index contributed by atoms with van der Waals surface area (Å²) in [6.07, 6.45) is 5.21. The van der Waals surface area contributed by atoms with Crippen LogP contribution in [-0.2, 0) is 0 Å².